The molecule has 0 unspecified atom stereocenters. The van der Waals surface area contributed by atoms with Crippen molar-refractivity contribution in [1.82, 2.24) is 0 Å². The van der Waals surface area contributed by atoms with Crippen LogP contribution in [0.3, 0.4) is 0 Å². The molecule has 25 heavy (non-hydrogen) atoms. The summed E-state index contributed by atoms with van der Waals surface area (Å²) in [7, 11) is -4.04. The largest absolute Gasteiger partial charge is 0.463 e. The molecule has 1 rings (SSSR count). The van der Waals surface area contributed by atoms with Crippen LogP contribution >= 0.6 is 0 Å². The topological polar surface area (TPSA) is 108 Å². The van der Waals surface area contributed by atoms with Crippen molar-refractivity contribution in [2.75, 3.05) is 13.2 Å². The Morgan fingerprint density at radius 2 is 1.52 bits per heavy atom. The molecule has 0 fully saturated rings. The molecule has 0 radical (unpaired) electrons. The molecule has 0 amide bonds. The molecule has 0 heterocycles. The van der Waals surface area contributed by atoms with Gasteiger partial charge < -0.3 is 14.2 Å². The van der Waals surface area contributed by atoms with Crippen LogP contribution in [0.25, 0.3) is 0 Å². The van der Waals surface area contributed by atoms with E-state index in [-0.39, 0.29) is 24.0 Å². The summed E-state index contributed by atoms with van der Waals surface area (Å²) >= 11 is 0. The summed E-state index contributed by atoms with van der Waals surface area (Å²) in [5.74, 6) is -2.35. The van der Waals surface area contributed by atoms with Gasteiger partial charge >= 0.3 is 11.9 Å². The van der Waals surface area contributed by atoms with E-state index in [0.717, 1.165) is 5.56 Å². The summed E-state index contributed by atoms with van der Waals surface area (Å²) < 4.78 is 42.5. The fourth-order valence-electron chi connectivity index (χ4n) is 1.75. The first kappa shape index (κ1) is 20.6. The number of hydrogen-bond acceptors (Lipinski definition) is 7. The molecular weight excluding hydrogens is 350 g/mol. The van der Waals surface area contributed by atoms with E-state index >= 15 is 0 Å². The average molecular weight is 371 g/mol. The predicted molar refractivity (Wildman–Crippen MR) is 89.6 cm³/mol. The van der Waals surface area contributed by atoms with Crippen molar-refractivity contribution in [3.63, 3.8) is 0 Å². The van der Waals surface area contributed by atoms with Gasteiger partial charge in [0.15, 0.2) is 5.90 Å². The second-order valence-electron chi connectivity index (χ2n) is 4.90. The molecule has 0 N–H and O–H groups in total. The third-order valence-corrected chi connectivity index (χ3v) is 4.22. The van der Waals surface area contributed by atoms with Crippen LogP contribution in [0, 0.1) is 6.92 Å². The van der Waals surface area contributed by atoms with Crippen LogP contribution in [0.2, 0.25) is 0 Å². The summed E-state index contributed by atoms with van der Waals surface area (Å²) in [6.07, 6.45) is -1.74. The van der Waals surface area contributed by atoms with Crippen molar-refractivity contribution in [1.29, 1.82) is 0 Å². The van der Waals surface area contributed by atoms with E-state index in [0.29, 0.717) is 0 Å². The van der Waals surface area contributed by atoms with Crippen LogP contribution in [0.4, 0.5) is 0 Å². The van der Waals surface area contributed by atoms with Crippen molar-refractivity contribution in [3.8, 4) is 0 Å². The Morgan fingerprint density at radius 1 is 1.04 bits per heavy atom. The Balaban J connectivity index is 3.03. The molecule has 1 aromatic carbocycles. The number of esters is 2. The molecule has 9 heteroatoms. The highest BCUT2D eigenvalue weighted by Gasteiger charge is 2.32. The van der Waals surface area contributed by atoms with Crippen LogP contribution in [0.15, 0.2) is 33.6 Å². The highest BCUT2D eigenvalue weighted by atomic mass is 32.2. The number of benzene rings is 1. The van der Waals surface area contributed by atoms with Gasteiger partial charge in [0.2, 0.25) is 0 Å². The first-order valence-corrected chi connectivity index (χ1v) is 9.03. The van der Waals surface area contributed by atoms with Crippen LogP contribution in [-0.2, 0) is 33.8 Å². The number of sulfonamides is 1. The maximum Gasteiger partial charge on any atom is 0.359 e. The Bertz CT molecular complexity index is 720. The minimum absolute atomic E-state index is 0.0238. The molecule has 0 spiro atoms. The lowest BCUT2D eigenvalue weighted by atomic mass is 10.2. The normalized spacial score (nSPS) is 12.0. The molecule has 0 saturated carbocycles. The quantitative estimate of drug-likeness (QED) is 0.310. The Labute approximate surface area is 146 Å². The van der Waals surface area contributed by atoms with E-state index in [4.69, 9.17) is 14.2 Å². The number of nitrogens with zero attached hydrogens (tertiary/aromatic N) is 1. The minimum atomic E-state index is -4.04. The third-order valence-electron chi connectivity index (χ3n) is 2.86. The highest BCUT2D eigenvalue weighted by molar-refractivity contribution is 7.90. The molecule has 0 aliphatic carbocycles. The van der Waals surface area contributed by atoms with E-state index in [9.17, 15) is 18.0 Å². The van der Waals surface area contributed by atoms with Crippen molar-refractivity contribution in [3.05, 3.63) is 29.8 Å². The smallest absolute Gasteiger partial charge is 0.359 e. The summed E-state index contributed by atoms with van der Waals surface area (Å²) in [4.78, 5) is 23.6. The zero-order valence-electron chi connectivity index (χ0n) is 14.5. The predicted octanol–water partition coefficient (Wildman–Crippen LogP) is 1.61. The molecule has 0 aliphatic rings. The van der Waals surface area contributed by atoms with E-state index in [1.165, 1.54) is 19.1 Å². The lowest BCUT2D eigenvalue weighted by Gasteiger charge is -2.15. The maximum absolute atomic E-state index is 12.2. The number of carbonyl (C=O) groups excluding carboxylic acids is 2. The lowest BCUT2D eigenvalue weighted by molar-refractivity contribution is -0.167. The monoisotopic (exact) mass is 371 g/mol. The molecule has 0 saturated heterocycles. The van der Waals surface area contributed by atoms with Gasteiger partial charge in [-0.05, 0) is 32.9 Å². The molecule has 0 aliphatic heterocycles. The number of hydrogen-bond donors (Lipinski definition) is 0. The first-order chi connectivity index (χ1) is 11.7. The van der Waals surface area contributed by atoms with Crippen molar-refractivity contribution in [2.24, 2.45) is 4.40 Å². The van der Waals surface area contributed by atoms with Crippen LogP contribution in [0.1, 0.15) is 26.3 Å². The fourth-order valence-corrected chi connectivity index (χ4v) is 2.72. The van der Waals surface area contributed by atoms with Crippen molar-refractivity contribution in [2.45, 2.75) is 38.7 Å². The van der Waals surface area contributed by atoms with Gasteiger partial charge in [0.25, 0.3) is 16.1 Å². The van der Waals surface area contributed by atoms with E-state index < -0.39 is 28.1 Å². The third kappa shape index (κ3) is 6.18. The van der Waals surface area contributed by atoms with Gasteiger partial charge in [0.1, 0.15) is 0 Å². The van der Waals surface area contributed by atoms with E-state index in [1.54, 1.807) is 26.0 Å². The molecule has 8 nitrogen and oxygen atoms in total. The average Bonchev–Trinajstić information content (AvgIpc) is 2.53. The summed E-state index contributed by atoms with van der Waals surface area (Å²) in [6, 6.07) is 6.04. The second kappa shape index (κ2) is 9.16. The highest BCUT2D eigenvalue weighted by Crippen LogP contribution is 2.14. The van der Waals surface area contributed by atoms with Gasteiger partial charge in [-0.3, -0.25) is 0 Å². The van der Waals surface area contributed by atoms with E-state index in [2.05, 4.69) is 4.40 Å². The molecule has 0 aromatic heterocycles. The summed E-state index contributed by atoms with van der Waals surface area (Å²) in [5.41, 5.74) is 0.889. The van der Waals surface area contributed by atoms with Crippen LogP contribution in [-0.4, -0.2) is 45.6 Å². The van der Waals surface area contributed by atoms with E-state index in [1.807, 2.05) is 6.92 Å². The van der Waals surface area contributed by atoms with Crippen molar-refractivity contribution < 1.29 is 32.2 Å². The molecule has 1 aromatic rings. The number of aryl methyl sites for hydroxylation is 1. The van der Waals surface area contributed by atoms with Crippen molar-refractivity contribution >= 4 is 27.9 Å². The van der Waals surface area contributed by atoms with Crippen LogP contribution in [0.5, 0.6) is 0 Å². The van der Waals surface area contributed by atoms with Gasteiger partial charge in [-0.25, -0.2) is 9.59 Å². The summed E-state index contributed by atoms with van der Waals surface area (Å²) in [5, 5.41) is 0. The Kier molecular flexibility index (Phi) is 7.56. The Hall–Kier alpha value is -2.42. The van der Waals surface area contributed by atoms with Crippen LogP contribution < -0.4 is 0 Å². The van der Waals surface area contributed by atoms with Gasteiger partial charge in [0.05, 0.1) is 18.1 Å². The maximum atomic E-state index is 12.2. The SMILES string of the molecule is CCOC(=O)C(O/C(C)=N\S(=O)(=O)c1ccc(C)cc1)C(=O)OCC. The van der Waals surface area contributed by atoms with Gasteiger partial charge in [-0.15, -0.1) is 4.40 Å². The number of carbonyl (C=O) groups is 2. The van der Waals surface area contributed by atoms with Gasteiger partial charge in [0, 0.05) is 6.92 Å². The van der Waals surface area contributed by atoms with Gasteiger partial charge in [-0.1, -0.05) is 17.7 Å². The first-order valence-electron chi connectivity index (χ1n) is 7.59. The minimum Gasteiger partial charge on any atom is -0.463 e. The molecule has 0 atom stereocenters. The zero-order chi connectivity index (χ0) is 19.0. The zero-order valence-corrected chi connectivity index (χ0v) is 15.3. The molecule has 0 bridgehead atoms. The standard InChI is InChI=1S/C16H21NO7S/c1-5-22-15(18)14(16(19)23-6-2)24-12(4)17-25(20,21)13-9-7-11(3)8-10-13/h7-10,14H,5-6H2,1-4H3/b17-12-. The second-order valence-corrected chi connectivity index (χ2v) is 6.50. The fraction of sp³-hybridized carbons (Fsp3) is 0.438. The molecular formula is C16H21NO7S. The molecule has 138 valence electrons. The lowest BCUT2D eigenvalue weighted by Crippen LogP contribution is -2.37. The number of rotatable bonds is 7. The Morgan fingerprint density at radius 3 is 1.96 bits per heavy atom. The van der Waals surface area contributed by atoms with Gasteiger partial charge in [-0.2, -0.15) is 8.42 Å². The number of ether oxygens (including phenoxy) is 3. The summed E-state index contributed by atoms with van der Waals surface area (Å²) in [6.45, 7) is 6.20.